The summed E-state index contributed by atoms with van der Waals surface area (Å²) in [7, 11) is 0. The predicted octanol–water partition coefficient (Wildman–Crippen LogP) is 2.48. The van der Waals surface area contributed by atoms with Crippen molar-refractivity contribution in [2.45, 2.75) is 18.9 Å². The Kier molecular flexibility index (Phi) is 4.79. The minimum Gasteiger partial charge on any atom is -0.356 e. The van der Waals surface area contributed by atoms with Gasteiger partial charge in [0.2, 0.25) is 0 Å². The van der Waals surface area contributed by atoms with E-state index in [1.807, 2.05) is 30.3 Å². The van der Waals surface area contributed by atoms with Gasteiger partial charge in [0, 0.05) is 36.8 Å². The molecule has 0 spiro atoms. The van der Waals surface area contributed by atoms with Crippen LogP contribution in [0.3, 0.4) is 0 Å². The summed E-state index contributed by atoms with van der Waals surface area (Å²) in [5.74, 6) is 0.373. The first-order valence-electron chi connectivity index (χ1n) is 11.0. The summed E-state index contributed by atoms with van der Waals surface area (Å²) >= 11 is 0. The number of aromatic amines is 2. The third-order valence-corrected chi connectivity index (χ3v) is 6.26. The van der Waals surface area contributed by atoms with E-state index in [4.69, 9.17) is 0 Å². The Balaban J connectivity index is 1.18. The molecule has 0 radical (unpaired) electrons. The minimum absolute atomic E-state index is 0.0711. The van der Waals surface area contributed by atoms with Gasteiger partial charge < -0.3 is 10.2 Å². The van der Waals surface area contributed by atoms with Crippen molar-refractivity contribution in [1.29, 1.82) is 0 Å². The molecule has 1 aromatic carbocycles. The van der Waals surface area contributed by atoms with Gasteiger partial charge in [0.15, 0.2) is 5.65 Å². The van der Waals surface area contributed by atoms with Gasteiger partial charge in [0.25, 0.3) is 5.91 Å². The van der Waals surface area contributed by atoms with Crippen LogP contribution in [0.25, 0.3) is 22.1 Å². The largest absolute Gasteiger partial charge is 0.356 e. The molecule has 11 nitrogen and oxygen atoms in total. The minimum atomic E-state index is -0.315. The van der Waals surface area contributed by atoms with Gasteiger partial charge in [-0.15, -0.1) is 0 Å². The van der Waals surface area contributed by atoms with E-state index in [1.54, 1.807) is 23.0 Å². The summed E-state index contributed by atoms with van der Waals surface area (Å²) in [6.45, 7) is 1.41. The molecule has 1 aliphatic rings. The molecule has 5 aromatic rings. The number of hydrogen-bond donors (Lipinski definition) is 3. The number of nitrogens with zero attached hydrogens (tertiary/aromatic N) is 6. The van der Waals surface area contributed by atoms with Crippen molar-refractivity contribution < 1.29 is 4.79 Å². The topological polar surface area (TPSA) is 137 Å². The lowest BCUT2D eigenvalue weighted by atomic mass is 10.0. The highest BCUT2D eigenvalue weighted by molar-refractivity contribution is 6.07. The maximum Gasteiger partial charge on any atom is 0.327 e. The molecule has 0 bridgehead atoms. The van der Waals surface area contributed by atoms with E-state index < -0.39 is 0 Å². The van der Waals surface area contributed by atoms with Gasteiger partial charge >= 0.3 is 5.69 Å². The number of amides is 1. The molecule has 1 saturated heterocycles. The van der Waals surface area contributed by atoms with Crippen molar-refractivity contribution in [3.05, 3.63) is 71.3 Å². The van der Waals surface area contributed by atoms with Gasteiger partial charge in [0.05, 0.1) is 22.9 Å². The number of aromatic nitrogens is 7. The van der Waals surface area contributed by atoms with Crippen LogP contribution in [0.1, 0.15) is 29.4 Å². The third-order valence-electron chi connectivity index (χ3n) is 6.26. The number of benzene rings is 1. The van der Waals surface area contributed by atoms with Crippen molar-refractivity contribution in [2.75, 3.05) is 23.3 Å². The van der Waals surface area contributed by atoms with E-state index >= 15 is 0 Å². The molecule has 0 unspecified atom stereocenters. The van der Waals surface area contributed by atoms with E-state index in [2.05, 4.69) is 40.3 Å². The fourth-order valence-corrected chi connectivity index (χ4v) is 4.58. The van der Waals surface area contributed by atoms with Gasteiger partial charge in [-0.1, -0.05) is 6.07 Å². The summed E-state index contributed by atoms with van der Waals surface area (Å²) in [4.78, 5) is 43.1. The maximum atomic E-state index is 12.9. The molecule has 0 aliphatic carbocycles. The second-order valence-corrected chi connectivity index (χ2v) is 8.24. The van der Waals surface area contributed by atoms with Gasteiger partial charge in [-0.3, -0.25) is 19.4 Å². The summed E-state index contributed by atoms with van der Waals surface area (Å²) in [5, 5.41) is 10.7. The molecule has 1 aliphatic heterocycles. The van der Waals surface area contributed by atoms with Crippen LogP contribution in [0, 0.1) is 0 Å². The Hall–Kier alpha value is -4.54. The fourth-order valence-electron chi connectivity index (χ4n) is 4.58. The molecule has 5 heterocycles. The van der Waals surface area contributed by atoms with Crippen molar-refractivity contribution in [3.8, 4) is 0 Å². The van der Waals surface area contributed by atoms with Crippen LogP contribution in [-0.4, -0.2) is 53.7 Å². The summed E-state index contributed by atoms with van der Waals surface area (Å²) in [6, 6.07) is 11.1. The van der Waals surface area contributed by atoms with E-state index in [9.17, 15) is 9.59 Å². The highest BCUT2D eigenvalue weighted by Crippen LogP contribution is 2.27. The zero-order valence-corrected chi connectivity index (χ0v) is 18.1. The smallest absolute Gasteiger partial charge is 0.327 e. The molecule has 170 valence electrons. The first kappa shape index (κ1) is 20.1. The molecule has 0 saturated carbocycles. The number of H-pyrrole nitrogens is 2. The van der Waals surface area contributed by atoms with Crippen LogP contribution in [-0.2, 0) is 0 Å². The molecule has 3 N–H and O–H groups in total. The van der Waals surface area contributed by atoms with Gasteiger partial charge in [0.1, 0.15) is 17.8 Å². The van der Waals surface area contributed by atoms with Crippen LogP contribution < -0.4 is 15.9 Å². The molecule has 11 heteroatoms. The number of imidazole rings is 1. The quantitative estimate of drug-likeness (QED) is 0.378. The van der Waals surface area contributed by atoms with E-state index in [0.717, 1.165) is 29.3 Å². The number of carbonyl (C=O) groups excluding carboxylic acids is 1. The average molecular weight is 455 g/mol. The summed E-state index contributed by atoms with van der Waals surface area (Å²) in [5.41, 5.74) is 3.07. The Bertz CT molecular complexity index is 1560. The predicted molar refractivity (Wildman–Crippen MR) is 127 cm³/mol. The summed E-state index contributed by atoms with van der Waals surface area (Å²) in [6.07, 6.45) is 6.30. The SMILES string of the molecule is O=C(Nc1cccc2[nH]ncc12)c1cc(N2CCC(n3c(=O)[nH]c4ncccc43)CC2)ncn1. The zero-order chi connectivity index (χ0) is 23.1. The van der Waals surface area contributed by atoms with Gasteiger partial charge in [-0.05, 0) is 37.1 Å². The van der Waals surface area contributed by atoms with Crippen molar-refractivity contribution in [2.24, 2.45) is 0 Å². The highest BCUT2D eigenvalue weighted by Gasteiger charge is 2.25. The monoisotopic (exact) mass is 455 g/mol. The second kappa shape index (κ2) is 8.10. The van der Waals surface area contributed by atoms with E-state index in [1.165, 1.54) is 6.33 Å². The second-order valence-electron chi connectivity index (χ2n) is 8.24. The van der Waals surface area contributed by atoms with Crippen LogP contribution in [0.15, 0.2) is 59.9 Å². The maximum absolute atomic E-state index is 12.9. The average Bonchev–Trinajstić information content (AvgIpc) is 3.48. The molecule has 4 aromatic heterocycles. The number of hydrogen-bond acceptors (Lipinski definition) is 7. The molecular formula is C23H21N9O2. The number of piperidine rings is 1. The number of fused-ring (bicyclic) bond motifs is 2. The third kappa shape index (κ3) is 3.47. The first-order valence-corrected chi connectivity index (χ1v) is 11.0. The standard InChI is InChI=1S/C23H21N9O2/c33-22(28-16-3-1-4-17-15(16)12-27-30-17)18-11-20(26-13-25-18)31-9-6-14(7-10-31)32-19-5-2-8-24-21(19)29-23(32)34/h1-5,8,11-14H,6-7,9-10H2,(H,27,30)(H,28,33)(H,24,29,34). The lowest BCUT2D eigenvalue weighted by molar-refractivity contribution is 0.102. The van der Waals surface area contributed by atoms with Crippen molar-refractivity contribution >= 4 is 39.5 Å². The van der Waals surface area contributed by atoms with Gasteiger partial charge in [-0.2, -0.15) is 5.10 Å². The van der Waals surface area contributed by atoms with Crippen LogP contribution in [0.4, 0.5) is 11.5 Å². The number of anilines is 2. The number of nitrogens with one attached hydrogen (secondary N) is 3. The van der Waals surface area contributed by atoms with Gasteiger partial charge in [-0.25, -0.2) is 19.7 Å². The molecule has 1 fully saturated rings. The summed E-state index contributed by atoms with van der Waals surface area (Å²) < 4.78 is 1.80. The Morgan fingerprint density at radius 2 is 1.97 bits per heavy atom. The lowest BCUT2D eigenvalue weighted by Gasteiger charge is -2.33. The van der Waals surface area contributed by atoms with Crippen LogP contribution in [0.2, 0.25) is 0 Å². The fraction of sp³-hybridized carbons (Fsp3) is 0.217. The zero-order valence-electron chi connectivity index (χ0n) is 18.1. The highest BCUT2D eigenvalue weighted by atomic mass is 16.2. The normalized spacial score (nSPS) is 14.6. The first-order chi connectivity index (χ1) is 16.7. The lowest BCUT2D eigenvalue weighted by Crippen LogP contribution is -2.37. The van der Waals surface area contributed by atoms with Crippen LogP contribution in [0.5, 0.6) is 0 Å². The van der Waals surface area contributed by atoms with Crippen molar-refractivity contribution in [1.82, 2.24) is 34.7 Å². The van der Waals surface area contributed by atoms with Crippen LogP contribution >= 0.6 is 0 Å². The van der Waals surface area contributed by atoms with Crippen molar-refractivity contribution in [3.63, 3.8) is 0 Å². The van der Waals surface area contributed by atoms with E-state index in [-0.39, 0.29) is 23.3 Å². The van der Waals surface area contributed by atoms with E-state index in [0.29, 0.717) is 30.2 Å². The molecule has 6 rings (SSSR count). The molecule has 1 amide bonds. The molecule has 0 atom stereocenters. The molecule has 34 heavy (non-hydrogen) atoms. The number of rotatable bonds is 4. The number of carbonyl (C=O) groups is 1. The number of pyridine rings is 1. The molecular weight excluding hydrogens is 434 g/mol. The Morgan fingerprint density at radius 3 is 2.85 bits per heavy atom. The Morgan fingerprint density at radius 1 is 1.09 bits per heavy atom. The Labute approximate surface area is 192 Å².